The SMILES string of the molecule is CCC(c1ccc(Cl)c(Cl)c1)N1CCC(O)(c2ccc(F)cc2)CC1. The largest absolute Gasteiger partial charge is 0.385 e. The molecule has 2 aromatic rings. The second-order valence-corrected chi connectivity index (χ2v) is 7.49. The van der Waals surface area contributed by atoms with E-state index in [9.17, 15) is 9.50 Å². The third kappa shape index (κ3) is 4.01. The van der Waals surface area contributed by atoms with Crippen molar-refractivity contribution in [3.63, 3.8) is 0 Å². The molecule has 1 unspecified atom stereocenters. The van der Waals surface area contributed by atoms with Crippen LogP contribution in [0.4, 0.5) is 4.39 Å². The van der Waals surface area contributed by atoms with Gasteiger partial charge >= 0.3 is 0 Å². The molecule has 1 heterocycles. The van der Waals surface area contributed by atoms with Crippen molar-refractivity contribution in [2.24, 2.45) is 0 Å². The highest BCUT2D eigenvalue weighted by atomic mass is 35.5. The normalized spacial score (nSPS) is 18.9. The van der Waals surface area contributed by atoms with Gasteiger partial charge in [0.25, 0.3) is 0 Å². The Morgan fingerprint density at radius 3 is 2.28 bits per heavy atom. The summed E-state index contributed by atoms with van der Waals surface area (Å²) in [5.41, 5.74) is 1.04. The minimum absolute atomic E-state index is 0.243. The Labute approximate surface area is 158 Å². The number of rotatable bonds is 4. The van der Waals surface area contributed by atoms with Gasteiger partial charge in [0, 0.05) is 19.1 Å². The van der Waals surface area contributed by atoms with Gasteiger partial charge in [-0.1, -0.05) is 48.3 Å². The quantitative estimate of drug-likeness (QED) is 0.748. The summed E-state index contributed by atoms with van der Waals surface area (Å²) >= 11 is 12.2. The van der Waals surface area contributed by atoms with Gasteiger partial charge in [-0.15, -0.1) is 0 Å². The smallest absolute Gasteiger partial charge is 0.123 e. The van der Waals surface area contributed by atoms with Crippen molar-refractivity contribution in [3.05, 3.63) is 69.5 Å². The standard InChI is InChI=1S/C20H22Cl2FNO/c1-2-19(14-3-8-17(21)18(22)13-14)24-11-9-20(25,10-12-24)15-4-6-16(23)7-5-15/h3-8,13,19,25H,2,9-12H2,1H3. The maximum Gasteiger partial charge on any atom is 0.123 e. The Balaban J connectivity index is 1.73. The molecule has 1 saturated heterocycles. The zero-order chi connectivity index (χ0) is 18.0. The van der Waals surface area contributed by atoms with Crippen LogP contribution in [0.3, 0.4) is 0 Å². The van der Waals surface area contributed by atoms with E-state index >= 15 is 0 Å². The number of hydrogen-bond donors (Lipinski definition) is 1. The molecule has 134 valence electrons. The number of benzene rings is 2. The van der Waals surface area contributed by atoms with Crippen molar-refractivity contribution < 1.29 is 9.50 Å². The molecule has 25 heavy (non-hydrogen) atoms. The monoisotopic (exact) mass is 381 g/mol. The molecule has 1 aliphatic heterocycles. The molecule has 0 aromatic heterocycles. The van der Waals surface area contributed by atoms with Crippen molar-refractivity contribution >= 4 is 23.2 Å². The average molecular weight is 382 g/mol. The Kier molecular flexibility index (Phi) is 5.69. The van der Waals surface area contributed by atoms with Crippen LogP contribution in [0.15, 0.2) is 42.5 Å². The van der Waals surface area contributed by atoms with E-state index < -0.39 is 5.60 Å². The Morgan fingerprint density at radius 1 is 1.08 bits per heavy atom. The first kappa shape index (κ1) is 18.7. The number of nitrogens with zero attached hydrogens (tertiary/aromatic N) is 1. The van der Waals surface area contributed by atoms with E-state index in [-0.39, 0.29) is 11.9 Å². The van der Waals surface area contributed by atoms with E-state index in [1.165, 1.54) is 12.1 Å². The van der Waals surface area contributed by atoms with Gasteiger partial charge in [-0.05, 0) is 54.7 Å². The van der Waals surface area contributed by atoms with Gasteiger partial charge in [0.05, 0.1) is 15.6 Å². The van der Waals surface area contributed by atoms with E-state index in [0.717, 1.165) is 30.6 Å². The summed E-state index contributed by atoms with van der Waals surface area (Å²) in [7, 11) is 0. The summed E-state index contributed by atoms with van der Waals surface area (Å²) in [6, 6.07) is 12.2. The molecule has 0 bridgehead atoms. The summed E-state index contributed by atoms with van der Waals surface area (Å²) in [4.78, 5) is 2.37. The molecule has 0 amide bonds. The van der Waals surface area contributed by atoms with Crippen LogP contribution in [-0.4, -0.2) is 23.1 Å². The molecule has 1 N–H and O–H groups in total. The molecule has 0 aliphatic carbocycles. The van der Waals surface area contributed by atoms with Crippen LogP contribution < -0.4 is 0 Å². The topological polar surface area (TPSA) is 23.5 Å². The Hall–Kier alpha value is -1.13. The molecular formula is C20H22Cl2FNO. The summed E-state index contributed by atoms with van der Waals surface area (Å²) in [6.07, 6.45) is 2.19. The Morgan fingerprint density at radius 2 is 1.72 bits per heavy atom. The third-order valence-corrected chi connectivity index (χ3v) is 5.90. The van der Waals surface area contributed by atoms with E-state index in [4.69, 9.17) is 23.2 Å². The molecule has 5 heteroatoms. The highest BCUT2D eigenvalue weighted by Crippen LogP contribution is 2.37. The lowest BCUT2D eigenvalue weighted by molar-refractivity contribution is -0.0366. The summed E-state index contributed by atoms with van der Waals surface area (Å²) < 4.78 is 13.1. The van der Waals surface area contributed by atoms with Crippen molar-refractivity contribution in [2.45, 2.75) is 37.8 Å². The third-order valence-electron chi connectivity index (χ3n) is 5.16. The van der Waals surface area contributed by atoms with E-state index in [1.807, 2.05) is 18.2 Å². The van der Waals surface area contributed by atoms with Crippen molar-refractivity contribution in [2.75, 3.05) is 13.1 Å². The van der Waals surface area contributed by atoms with Crippen LogP contribution >= 0.6 is 23.2 Å². The van der Waals surface area contributed by atoms with Crippen LogP contribution in [-0.2, 0) is 5.60 Å². The van der Waals surface area contributed by atoms with Crippen LogP contribution in [0.25, 0.3) is 0 Å². The van der Waals surface area contributed by atoms with Gasteiger partial charge in [0.1, 0.15) is 5.82 Å². The van der Waals surface area contributed by atoms with Gasteiger partial charge in [-0.3, -0.25) is 4.90 Å². The maximum atomic E-state index is 13.1. The molecule has 3 rings (SSSR count). The number of aliphatic hydroxyl groups is 1. The molecule has 1 fully saturated rings. The molecule has 1 atom stereocenters. The highest BCUT2D eigenvalue weighted by Gasteiger charge is 2.36. The highest BCUT2D eigenvalue weighted by molar-refractivity contribution is 6.42. The fourth-order valence-electron chi connectivity index (χ4n) is 3.68. The van der Waals surface area contributed by atoms with Crippen LogP contribution in [0.5, 0.6) is 0 Å². The lowest BCUT2D eigenvalue weighted by atomic mass is 9.83. The minimum atomic E-state index is -0.889. The molecule has 2 aromatic carbocycles. The van der Waals surface area contributed by atoms with Crippen molar-refractivity contribution in [1.82, 2.24) is 4.90 Å². The first-order valence-electron chi connectivity index (χ1n) is 8.60. The summed E-state index contributed by atoms with van der Waals surface area (Å²) in [5, 5.41) is 12.1. The maximum absolute atomic E-state index is 13.1. The summed E-state index contributed by atoms with van der Waals surface area (Å²) in [6.45, 7) is 3.69. The van der Waals surface area contributed by atoms with Crippen LogP contribution in [0.2, 0.25) is 10.0 Å². The fraction of sp³-hybridized carbons (Fsp3) is 0.400. The number of likely N-dealkylation sites (tertiary alicyclic amines) is 1. The predicted molar refractivity (Wildman–Crippen MR) is 101 cm³/mol. The lowest BCUT2D eigenvalue weighted by Crippen LogP contribution is -2.44. The molecule has 0 spiro atoms. The fourth-order valence-corrected chi connectivity index (χ4v) is 3.99. The summed E-state index contributed by atoms with van der Waals surface area (Å²) in [5.74, 6) is -0.282. The van der Waals surface area contributed by atoms with Gasteiger partial charge in [0.15, 0.2) is 0 Å². The van der Waals surface area contributed by atoms with Crippen LogP contribution in [0, 0.1) is 5.82 Å². The van der Waals surface area contributed by atoms with E-state index in [1.54, 1.807) is 12.1 Å². The zero-order valence-corrected chi connectivity index (χ0v) is 15.7. The zero-order valence-electron chi connectivity index (χ0n) is 14.2. The van der Waals surface area contributed by atoms with E-state index in [0.29, 0.717) is 22.9 Å². The Bertz CT molecular complexity index is 727. The molecule has 2 nitrogen and oxygen atoms in total. The number of hydrogen-bond acceptors (Lipinski definition) is 2. The van der Waals surface area contributed by atoms with E-state index in [2.05, 4.69) is 11.8 Å². The molecule has 0 saturated carbocycles. The first-order chi connectivity index (χ1) is 11.9. The molecular weight excluding hydrogens is 360 g/mol. The van der Waals surface area contributed by atoms with Gasteiger partial charge < -0.3 is 5.11 Å². The van der Waals surface area contributed by atoms with Crippen molar-refractivity contribution in [1.29, 1.82) is 0 Å². The first-order valence-corrected chi connectivity index (χ1v) is 9.36. The van der Waals surface area contributed by atoms with Gasteiger partial charge in [-0.25, -0.2) is 4.39 Å². The van der Waals surface area contributed by atoms with Crippen LogP contribution in [0.1, 0.15) is 43.4 Å². The molecule has 0 radical (unpaired) electrons. The molecule has 1 aliphatic rings. The second-order valence-electron chi connectivity index (χ2n) is 6.67. The number of halogens is 3. The lowest BCUT2D eigenvalue weighted by Gasteiger charge is -2.42. The van der Waals surface area contributed by atoms with Gasteiger partial charge in [-0.2, -0.15) is 0 Å². The van der Waals surface area contributed by atoms with Crippen molar-refractivity contribution in [3.8, 4) is 0 Å². The number of piperidine rings is 1. The minimum Gasteiger partial charge on any atom is -0.385 e. The predicted octanol–water partition coefficient (Wildman–Crippen LogP) is 5.57. The average Bonchev–Trinajstić information content (AvgIpc) is 2.61. The van der Waals surface area contributed by atoms with Gasteiger partial charge in [0.2, 0.25) is 0 Å². The second kappa shape index (κ2) is 7.63.